The van der Waals surface area contributed by atoms with Crippen LogP contribution in [0, 0.1) is 0 Å². The van der Waals surface area contributed by atoms with Crippen LogP contribution in [0.2, 0.25) is 0 Å². The number of halogens is 1. The van der Waals surface area contributed by atoms with Crippen LogP contribution in [-0.4, -0.2) is 6.54 Å². The van der Waals surface area contributed by atoms with E-state index in [1.54, 1.807) is 0 Å². The van der Waals surface area contributed by atoms with Gasteiger partial charge in [-0.25, -0.2) is 0 Å². The van der Waals surface area contributed by atoms with Crippen molar-refractivity contribution in [1.82, 2.24) is 5.32 Å². The number of hydrogen-bond acceptors (Lipinski definition) is 2. The lowest BCUT2D eigenvalue weighted by molar-refractivity contribution is 0.578. The molecule has 90 valence electrons. The maximum absolute atomic E-state index is 3.55. The van der Waals surface area contributed by atoms with Crippen molar-refractivity contribution in [3.8, 4) is 0 Å². The summed E-state index contributed by atoms with van der Waals surface area (Å²) in [5.74, 6) is 0. The Kier molecular flexibility index (Phi) is 4.77. The minimum Gasteiger partial charge on any atom is -0.310 e. The highest BCUT2D eigenvalue weighted by Gasteiger charge is 2.04. The molecule has 1 aromatic heterocycles. The maximum Gasteiger partial charge on any atom is 0.0292 e. The fraction of sp³-hybridized carbons (Fsp3) is 0.286. The summed E-state index contributed by atoms with van der Waals surface area (Å²) in [6.07, 6.45) is 1.11. The van der Waals surface area contributed by atoms with E-state index in [2.05, 4.69) is 69.9 Å². The molecule has 0 radical (unpaired) electrons. The molecule has 1 nitrogen and oxygen atoms in total. The van der Waals surface area contributed by atoms with Crippen molar-refractivity contribution in [1.29, 1.82) is 0 Å². The third-order valence-corrected chi connectivity index (χ3v) is 4.18. The number of rotatable bonds is 5. The average molecular weight is 310 g/mol. The van der Waals surface area contributed by atoms with Crippen LogP contribution in [0.3, 0.4) is 0 Å². The molecule has 1 N–H and O–H groups in total. The van der Waals surface area contributed by atoms with Gasteiger partial charge in [-0.3, -0.25) is 0 Å². The van der Waals surface area contributed by atoms with Gasteiger partial charge in [-0.05, 0) is 42.5 Å². The fourth-order valence-corrected chi connectivity index (χ4v) is 2.89. The van der Waals surface area contributed by atoms with E-state index >= 15 is 0 Å². The van der Waals surface area contributed by atoms with Crippen molar-refractivity contribution >= 4 is 27.3 Å². The molecule has 2 rings (SSSR count). The molecule has 1 atom stereocenters. The van der Waals surface area contributed by atoms with Crippen LogP contribution in [-0.2, 0) is 6.42 Å². The molecule has 0 bridgehead atoms. The Bertz CT molecular complexity index is 453. The van der Waals surface area contributed by atoms with E-state index in [4.69, 9.17) is 0 Å². The molecule has 3 heteroatoms. The lowest BCUT2D eigenvalue weighted by atomic mass is 10.1. The van der Waals surface area contributed by atoms with Gasteiger partial charge in [0.25, 0.3) is 0 Å². The quantitative estimate of drug-likeness (QED) is 0.863. The van der Waals surface area contributed by atoms with E-state index in [0.717, 1.165) is 17.4 Å². The molecule has 0 spiro atoms. The van der Waals surface area contributed by atoms with Gasteiger partial charge in [-0.15, -0.1) is 11.3 Å². The molecular weight excluding hydrogens is 294 g/mol. The molecule has 0 unspecified atom stereocenters. The first-order chi connectivity index (χ1) is 8.25. The van der Waals surface area contributed by atoms with Crippen LogP contribution in [0.5, 0.6) is 0 Å². The van der Waals surface area contributed by atoms with Crippen molar-refractivity contribution in [3.63, 3.8) is 0 Å². The molecule has 1 heterocycles. The molecule has 0 fully saturated rings. The van der Waals surface area contributed by atoms with Gasteiger partial charge in [-0.2, -0.15) is 0 Å². The van der Waals surface area contributed by atoms with Crippen LogP contribution in [0.25, 0.3) is 0 Å². The van der Waals surface area contributed by atoms with Crippen LogP contribution < -0.4 is 5.32 Å². The van der Waals surface area contributed by atoms with E-state index < -0.39 is 0 Å². The zero-order valence-corrected chi connectivity index (χ0v) is 12.2. The lowest BCUT2D eigenvalue weighted by Gasteiger charge is -2.14. The van der Waals surface area contributed by atoms with E-state index in [1.165, 1.54) is 10.4 Å². The first-order valence-electron chi connectivity index (χ1n) is 5.77. The number of nitrogens with one attached hydrogen (secondary N) is 1. The Hall–Kier alpha value is -0.640. The van der Waals surface area contributed by atoms with Gasteiger partial charge in [0.2, 0.25) is 0 Å². The molecule has 0 saturated heterocycles. The van der Waals surface area contributed by atoms with Crippen LogP contribution >= 0.6 is 27.3 Å². The van der Waals surface area contributed by atoms with Crippen molar-refractivity contribution in [2.24, 2.45) is 0 Å². The summed E-state index contributed by atoms with van der Waals surface area (Å²) in [6.45, 7) is 3.23. The highest BCUT2D eigenvalue weighted by Crippen LogP contribution is 2.18. The van der Waals surface area contributed by atoms with Gasteiger partial charge in [0, 0.05) is 21.9 Å². The third kappa shape index (κ3) is 3.95. The Morgan fingerprint density at radius 1 is 1.29 bits per heavy atom. The van der Waals surface area contributed by atoms with E-state index in [-0.39, 0.29) is 0 Å². The van der Waals surface area contributed by atoms with Gasteiger partial charge in [0.1, 0.15) is 0 Å². The summed E-state index contributed by atoms with van der Waals surface area (Å²) in [4.78, 5) is 1.44. The Balaban J connectivity index is 1.83. The number of benzene rings is 1. The summed E-state index contributed by atoms with van der Waals surface area (Å²) in [5.41, 5.74) is 1.32. The summed E-state index contributed by atoms with van der Waals surface area (Å²) in [6, 6.07) is 13.2. The second-order valence-electron chi connectivity index (χ2n) is 4.06. The summed E-state index contributed by atoms with van der Waals surface area (Å²) in [7, 11) is 0. The minimum atomic E-state index is 0.396. The van der Waals surface area contributed by atoms with Crippen LogP contribution in [0.15, 0.2) is 46.3 Å². The Labute approximate surface area is 115 Å². The second-order valence-corrected chi connectivity index (χ2v) is 6.01. The molecule has 0 aliphatic heterocycles. The minimum absolute atomic E-state index is 0.396. The van der Waals surface area contributed by atoms with Gasteiger partial charge >= 0.3 is 0 Å². The standard InChI is InChI=1S/C14H16BrNS/c1-11(12-4-2-5-13(15)10-12)16-8-7-14-6-3-9-17-14/h2-6,9-11,16H,7-8H2,1H3/t11-/m1/s1. The van der Waals surface area contributed by atoms with Crippen molar-refractivity contribution in [2.75, 3.05) is 6.54 Å². The number of thiophene rings is 1. The topological polar surface area (TPSA) is 12.0 Å². The van der Waals surface area contributed by atoms with Crippen molar-refractivity contribution in [2.45, 2.75) is 19.4 Å². The molecular formula is C14H16BrNS. The second kappa shape index (κ2) is 6.34. The summed E-state index contributed by atoms with van der Waals surface area (Å²) in [5, 5.41) is 5.68. The zero-order chi connectivity index (χ0) is 12.1. The maximum atomic E-state index is 3.55. The highest BCUT2D eigenvalue weighted by molar-refractivity contribution is 9.10. The Morgan fingerprint density at radius 3 is 2.88 bits per heavy atom. The van der Waals surface area contributed by atoms with Gasteiger partial charge in [0.05, 0.1) is 0 Å². The summed E-state index contributed by atoms with van der Waals surface area (Å²) < 4.78 is 1.14. The molecule has 0 aliphatic rings. The molecule has 0 saturated carbocycles. The lowest BCUT2D eigenvalue weighted by Crippen LogP contribution is -2.21. The predicted octanol–water partition coefficient (Wildman–Crippen LogP) is 4.40. The monoisotopic (exact) mass is 309 g/mol. The molecule has 1 aromatic carbocycles. The predicted molar refractivity (Wildman–Crippen MR) is 78.6 cm³/mol. The van der Waals surface area contributed by atoms with E-state index in [9.17, 15) is 0 Å². The average Bonchev–Trinajstić information content (AvgIpc) is 2.82. The normalized spacial score (nSPS) is 12.6. The zero-order valence-electron chi connectivity index (χ0n) is 9.82. The van der Waals surface area contributed by atoms with Crippen molar-refractivity contribution in [3.05, 3.63) is 56.7 Å². The number of hydrogen-bond donors (Lipinski definition) is 1. The van der Waals surface area contributed by atoms with E-state index in [0.29, 0.717) is 6.04 Å². The first-order valence-corrected chi connectivity index (χ1v) is 7.44. The third-order valence-electron chi connectivity index (χ3n) is 2.75. The smallest absolute Gasteiger partial charge is 0.0292 e. The van der Waals surface area contributed by atoms with Gasteiger partial charge in [0.15, 0.2) is 0 Å². The van der Waals surface area contributed by atoms with Crippen molar-refractivity contribution < 1.29 is 0 Å². The molecule has 2 aromatic rings. The first kappa shape index (κ1) is 12.8. The van der Waals surface area contributed by atoms with Gasteiger partial charge in [-0.1, -0.05) is 34.1 Å². The highest BCUT2D eigenvalue weighted by atomic mass is 79.9. The Morgan fingerprint density at radius 2 is 2.18 bits per heavy atom. The summed E-state index contributed by atoms with van der Waals surface area (Å²) >= 11 is 5.33. The molecule has 17 heavy (non-hydrogen) atoms. The van der Waals surface area contributed by atoms with Crippen LogP contribution in [0.1, 0.15) is 23.4 Å². The largest absolute Gasteiger partial charge is 0.310 e. The van der Waals surface area contributed by atoms with E-state index in [1.807, 2.05) is 11.3 Å². The molecule has 0 aliphatic carbocycles. The molecule has 0 amide bonds. The van der Waals surface area contributed by atoms with Crippen LogP contribution in [0.4, 0.5) is 0 Å². The SMILES string of the molecule is C[C@@H](NCCc1cccs1)c1cccc(Br)c1. The fourth-order valence-electron chi connectivity index (χ4n) is 1.76. The van der Waals surface area contributed by atoms with Gasteiger partial charge < -0.3 is 5.32 Å².